The Kier molecular flexibility index (Phi) is 3.53. The fourth-order valence-electron chi connectivity index (χ4n) is 2.53. The first-order valence-electron chi connectivity index (χ1n) is 6.67. The van der Waals surface area contributed by atoms with Crippen LogP contribution < -0.4 is 10.5 Å². The van der Waals surface area contributed by atoms with Crippen LogP contribution in [0, 0.1) is 5.82 Å². The Bertz CT molecular complexity index is 657. The minimum absolute atomic E-state index is 0.000269. The van der Waals surface area contributed by atoms with Gasteiger partial charge in [0.2, 0.25) is 0 Å². The maximum atomic E-state index is 13.5. The molecule has 0 saturated carbocycles. The van der Waals surface area contributed by atoms with Gasteiger partial charge in [0.15, 0.2) is 5.75 Å². The number of rotatable bonds is 2. The lowest BCUT2D eigenvalue weighted by Gasteiger charge is -2.17. The highest BCUT2D eigenvalue weighted by Crippen LogP contribution is 2.33. The molecule has 0 unspecified atom stereocenters. The predicted molar refractivity (Wildman–Crippen MR) is 79.0 cm³/mol. The molecular formula is C16H15ClFNO. The number of nitrogen functional groups attached to an aromatic ring is 1. The van der Waals surface area contributed by atoms with Crippen LogP contribution in [0.1, 0.15) is 24.0 Å². The van der Waals surface area contributed by atoms with Crippen LogP contribution in [0.4, 0.5) is 10.1 Å². The summed E-state index contributed by atoms with van der Waals surface area (Å²) in [4.78, 5) is 0. The molecule has 0 aromatic heterocycles. The second-order valence-corrected chi connectivity index (χ2v) is 5.45. The van der Waals surface area contributed by atoms with E-state index in [-0.39, 0.29) is 5.02 Å². The Morgan fingerprint density at radius 2 is 1.80 bits per heavy atom. The maximum absolute atomic E-state index is 13.5. The molecule has 0 aliphatic heterocycles. The molecule has 2 aromatic rings. The van der Waals surface area contributed by atoms with Crippen molar-refractivity contribution in [3.63, 3.8) is 0 Å². The summed E-state index contributed by atoms with van der Waals surface area (Å²) < 4.78 is 19.2. The van der Waals surface area contributed by atoms with E-state index in [4.69, 9.17) is 22.1 Å². The van der Waals surface area contributed by atoms with E-state index in [1.807, 2.05) is 12.1 Å². The summed E-state index contributed by atoms with van der Waals surface area (Å²) in [5.74, 6) is 0.440. The quantitative estimate of drug-likeness (QED) is 0.812. The Hall–Kier alpha value is -1.74. The molecule has 1 aliphatic rings. The lowest BCUT2D eigenvalue weighted by Crippen LogP contribution is -2.02. The zero-order valence-corrected chi connectivity index (χ0v) is 11.7. The average Bonchev–Trinajstić information content (AvgIpc) is 2.44. The Labute approximate surface area is 122 Å². The van der Waals surface area contributed by atoms with Gasteiger partial charge in [0.25, 0.3) is 0 Å². The third-order valence-corrected chi connectivity index (χ3v) is 3.89. The molecular weight excluding hydrogens is 277 g/mol. The van der Waals surface area contributed by atoms with Crippen molar-refractivity contribution in [3.05, 3.63) is 52.3 Å². The van der Waals surface area contributed by atoms with Crippen molar-refractivity contribution >= 4 is 17.3 Å². The smallest absolute Gasteiger partial charge is 0.153 e. The summed E-state index contributed by atoms with van der Waals surface area (Å²) >= 11 is 5.67. The fourth-order valence-corrected chi connectivity index (χ4v) is 2.70. The van der Waals surface area contributed by atoms with E-state index in [9.17, 15) is 4.39 Å². The van der Waals surface area contributed by atoms with Gasteiger partial charge in [-0.25, -0.2) is 4.39 Å². The van der Waals surface area contributed by atoms with Crippen LogP contribution in [0.3, 0.4) is 0 Å². The van der Waals surface area contributed by atoms with Crippen LogP contribution >= 0.6 is 11.6 Å². The normalized spacial score (nSPS) is 13.9. The Balaban J connectivity index is 1.89. The molecule has 0 amide bonds. The van der Waals surface area contributed by atoms with Gasteiger partial charge in [-0.05, 0) is 55.0 Å². The van der Waals surface area contributed by atoms with Gasteiger partial charge in [-0.2, -0.15) is 0 Å². The standard InChI is InChI=1S/C16H15ClFNO/c17-13-8-15(19)16(9-14(13)18)20-12-6-5-10-3-1-2-4-11(10)7-12/h5-9H,1-4,19H2. The number of halogens is 2. The first-order chi connectivity index (χ1) is 9.63. The van der Waals surface area contributed by atoms with E-state index >= 15 is 0 Å². The van der Waals surface area contributed by atoms with Crippen LogP contribution in [0.5, 0.6) is 11.5 Å². The van der Waals surface area contributed by atoms with Gasteiger partial charge in [0.05, 0.1) is 10.7 Å². The van der Waals surface area contributed by atoms with E-state index in [1.165, 1.54) is 36.1 Å². The molecule has 0 heterocycles. The van der Waals surface area contributed by atoms with Crippen molar-refractivity contribution < 1.29 is 9.13 Å². The summed E-state index contributed by atoms with van der Waals surface area (Å²) in [5.41, 5.74) is 8.81. The average molecular weight is 292 g/mol. The van der Waals surface area contributed by atoms with Gasteiger partial charge in [-0.3, -0.25) is 0 Å². The second kappa shape index (κ2) is 5.33. The van der Waals surface area contributed by atoms with E-state index in [1.54, 1.807) is 0 Å². The zero-order chi connectivity index (χ0) is 14.1. The molecule has 0 saturated heterocycles. The van der Waals surface area contributed by atoms with E-state index < -0.39 is 5.82 Å². The number of aryl methyl sites for hydroxylation is 2. The second-order valence-electron chi connectivity index (χ2n) is 5.04. The fraction of sp³-hybridized carbons (Fsp3) is 0.250. The molecule has 0 radical (unpaired) electrons. The third kappa shape index (κ3) is 2.59. The number of fused-ring (bicyclic) bond motifs is 1. The summed E-state index contributed by atoms with van der Waals surface area (Å²) in [6, 6.07) is 8.57. The zero-order valence-electron chi connectivity index (χ0n) is 11.0. The number of ether oxygens (including phenoxy) is 1. The molecule has 4 heteroatoms. The van der Waals surface area contributed by atoms with Crippen LogP contribution in [-0.2, 0) is 12.8 Å². The first kappa shape index (κ1) is 13.3. The monoisotopic (exact) mass is 291 g/mol. The van der Waals surface area contributed by atoms with Crippen molar-refractivity contribution in [3.8, 4) is 11.5 Å². The molecule has 104 valence electrons. The highest BCUT2D eigenvalue weighted by molar-refractivity contribution is 6.31. The maximum Gasteiger partial charge on any atom is 0.153 e. The molecule has 2 nitrogen and oxygen atoms in total. The van der Waals surface area contributed by atoms with Gasteiger partial charge in [0, 0.05) is 6.07 Å². The molecule has 2 aromatic carbocycles. The van der Waals surface area contributed by atoms with Gasteiger partial charge in [-0.1, -0.05) is 17.7 Å². The lowest BCUT2D eigenvalue weighted by atomic mass is 9.92. The summed E-state index contributed by atoms with van der Waals surface area (Å²) in [6.45, 7) is 0. The van der Waals surface area contributed by atoms with Crippen molar-refractivity contribution in [2.45, 2.75) is 25.7 Å². The Morgan fingerprint density at radius 1 is 1.05 bits per heavy atom. The van der Waals surface area contributed by atoms with Crippen molar-refractivity contribution in [1.82, 2.24) is 0 Å². The molecule has 0 bridgehead atoms. The molecule has 0 spiro atoms. The molecule has 0 atom stereocenters. The third-order valence-electron chi connectivity index (χ3n) is 3.60. The number of benzene rings is 2. The van der Waals surface area contributed by atoms with Gasteiger partial charge in [0.1, 0.15) is 11.6 Å². The number of anilines is 1. The lowest BCUT2D eigenvalue weighted by molar-refractivity contribution is 0.477. The Morgan fingerprint density at radius 3 is 2.60 bits per heavy atom. The molecule has 20 heavy (non-hydrogen) atoms. The highest BCUT2D eigenvalue weighted by Gasteiger charge is 2.12. The van der Waals surface area contributed by atoms with Crippen LogP contribution in [0.15, 0.2) is 30.3 Å². The summed E-state index contributed by atoms with van der Waals surface area (Å²) in [6.07, 6.45) is 4.63. The summed E-state index contributed by atoms with van der Waals surface area (Å²) in [7, 11) is 0. The van der Waals surface area contributed by atoms with Crippen LogP contribution in [0.2, 0.25) is 5.02 Å². The van der Waals surface area contributed by atoms with Gasteiger partial charge in [-0.15, -0.1) is 0 Å². The molecule has 3 rings (SSSR count). The highest BCUT2D eigenvalue weighted by atomic mass is 35.5. The molecule has 2 N–H and O–H groups in total. The number of hydrogen-bond acceptors (Lipinski definition) is 2. The molecule has 0 fully saturated rings. The van der Waals surface area contributed by atoms with Crippen molar-refractivity contribution in [2.24, 2.45) is 0 Å². The SMILES string of the molecule is Nc1cc(Cl)c(F)cc1Oc1ccc2c(c1)CCCC2. The van der Waals surface area contributed by atoms with Crippen molar-refractivity contribution in [2.75, 3.05) is 5.73 Å². The summed E-state index contributed by atoms with van der Waals surface area (Å²) in [5, 5.41) is 0.000269. The van der Waals surface area contributed by atoms with E-state index in [0.717, 1.165) is 12.8 Å². The van der Waals surface area contributed by atoms with Gasteiger partial charge >= 0.3 is 0 Å². The number of hydrogen-bond donors (Lipinski definition) is 1. The largest absolute Gasteiger partial charge is 0.455 e. The predicted octanol–water partition coefficient (Wildman–Crippen LogP) is 4.73. The van der Waals surface area contributed by atoms with Crippen LogP contribution in [-0.4, -0.2) is 0 Å². The van der Waals surface area contributed by atoms with E-state index in [2.05, 4.69) is 6.07 Å². The van der Waals surface area contributed by atoms with Gasteiger partial charge < -0.3 is 10.5 Å². The van der Waals surface area contributed by atoms with Crippen molar-refractivity contribution in [1.29, 1.82) is 0 Å². The number of nitrogens with two attached hydrogens (primary N) is 1. The molecule has 1 aliphatic carbocycles. The van der Waals surface area contributed by atoms with Crippen LogP contribution in [0.25, 0.3) is 0 Å². The topological polar surface area (TPSA) is 35.2 Å². The minimum Gasteiger partial charge on any atom is -0.455 e. The minimum atomic E-state index is -0.533. The first-order valence-corrected chi connectivity index (χ1v) is 7.05. The van der Waals surface area contributed by atoms with E-state index in [0.29, 0.717) is 17.2 Å².